The summed E-state index contributed by atoms with van der Waals surface area (Å²) in [5.74, 6) is 0.572. The van der Waals surface area contributed by atoms with Gasteiger partial charge >= 0.3 is 0 Å². The fourth-order valence-electron chi connectivity index (χ4n) is 1.92. The maximum Gasteiger partial charge on any atom is 0.0713 e. The molecule has 0 spiro atoms. The van der Waals surface area contributed by atoms with Gasteiger partial charge in [0.2, 0.25) is 0 Å². The molecule has 0 fully saturated rings. The van der Waals surface area contributed by atoms with E-state index in [0.29, 0.717) is 12.5 Å². The van der Waals surface area contributed by atoms with Gasteiger partial charge in [0.1, 0.15) is 0 Å². The lowest BCUT2D eigenvalue weighted by molar-refractivity contribution is 0.185. The van der Waals surface area contributed by atoms with Gasteiger partial charge in [0.25, 0.3) is 0 Å². The molecule has 0 aliphatic heterocycles. The van der Waals surface area contributed by atoms with Crippen molar-refractivity contribution >= 4 is 6.08 Å². The topological polar surface area (TPSA) is 21.3 Å². The Hall–Kier alpha value is -1.12. The molecular formula is C17H27NO. The summed E-state index contributed by atoms with van der Waals surface area (Å²) < 4.78 is 5.13. The highest BCUT2D eigenvalue weighted by Crippen LogP contribution is 2.15. The number of methoxy groups -OCH3 is 1. The third-order valence-corrected chi connectivity index (χ3v) is 3.14. The van der Waals surface area contributed by atoms with Gasteiger partial charge in [0, 0.05) is 13.7 Å². The molecule has 106 valence electrons. The molecule has 0 bridgehead atoms. The van der Waals surface area contributed by atoms with E-state index in [0.717, 1.165) is 13.1 Å². The molecule has 0 unspecified atom stereocenters. The van der Waals surface area contributed by atoms with Gasteiger partial charge in [-0.2, -0.15) is 0 Å². The zero-order chi connectivity index (χ0) is 14.1. The van der Waals surface area contributed by atoms with E-state index >= 15 is 0 Å². The van der Waals surface area contributed by atoms with Crippen molar-refractivity contribution in [3.8, 4) is 0 Å². The van der Waals surface area contributed by atoms with Crippen LogP contribution in [0, 0.1) is 5.92 Å². The zero-order valence-corrected chi connectivity index (χ0v) is 12.7. The van der Waals surface area contributed by atoms with Gasteiger partial charge in [-0.25, -0.2) is 0 Å². The Bertz CT molecular complexity index is 379. The van der Waals surface area contributed by atoms with Gasteiger partial charge in [-0.3, -0.25) is 0 Å². The van der Waals surface area contributed by atoms with Crippen LogP contribution in [-0.4, -0.2) is 20.2 Å². The minimum atomic E-state index is 0.572. The molecule has 0 atom stereocenters. The molecule has 0 saturated carbocycles. The van der Waals surface area contributed by atoms with Crippen molar-refractivity contribution in [3.05, 3.63) is 41.0 Å². The van der Waals surface area contributed by atoms with Gasteiger partial charge in [-0.15, -0.1) is 0 Å². The van der Waals surface area contributed by atoms with Crippen molar-refractivity contribution < 1.29 is 4.74 Å². The first-order valence-corrected chi connectivity index (χ1v) is 7.16. The summed E-state index contributed by atoms with van der Waals surface area (Å²) in [7, 11) is 1.73. The largest absolute Gasteiger partial charge is 0.380 e. The van der Waals surface area contributed by atoms with Crippen LogP contribution in [0.25, 0.3) is 6.08 Å². The third-order valence-electron chi connectivity index (χ3n) is 3.14. The third kappa shape index (κ3) is 6.04. The van der Waals surface area contributed by atoms with E-state index < -0.39 is 0 Å². The first-order valence-electron chi connectivity index (χ1n) is 7.16. The van der Waals surface area contributed by atoms with Gasteiger partial charge < -0.3 is 10.1 Å². The second kappa shape index (κ2) is 8.89. The summed E-state index contributed by atoms with van der Waals surface area (Å²) in [6.45, 7) is 9.43. The summed E-state index contributed by atoms with van der Waals surface area (Å²) in [4.78, 5) is 0. The van der Waals surface area contributed by atoms with Crippen molar-refractivity contribution in [1.82, 2.24) is 5.32 Å². The molecule has 1 N–H and O–H groups in total. The Morgan fingerprint density at radius 3 is 2.47 bits per heavy atom. The second-order valence-electron chi connectivity index (χ2n) is 5.23. The average Bonchev–Trinajstić information content (AvgIpc) is 2.40. The highest BCUT2D eigenvalue weighted by Gasteiger charge is 2.03. The van der Waals surface area contributed by atoms with Crippen molar-refractivity contribution in [2.45, 2.75) is 33.8 Å². The van der Waals surface area contributed by atoms with Crippen molar-refractivity contribution in [2.24, 2.45) is 5.92 Å². The Balaban J connectivity index is 2.71. The smallest absolute Gasteiger partial charge is 0.0713 e. The fourth-order valence-corrected chi connectivity index (χ4v) is 1.92. The normalized spacial score (nSPS) is 12.2. The summed E-state index contributed by atoms with van der Waals surface area (Å²) in [5, 5.41) is 3.48. The molecule has 0 saturated heterocycles. The van der Waals surface area contributed by atoms with E-state index in [2.05, 4.69) is 56.4 Å². The second-order valence-corrected chi connectivity index (χ2v) is 5.23. The van der Waals surface area contributed by atoms with Gasteiger partial charge in [-0.1, -0.05) is 56.7 Å². The Kier molecular flexibility index (Phi) is 7.46. The lowest BCUT2D eigenvalue weighted by atomic mass is 9.99. The summed E-state index contributed by atoms with van der Waals surface area (Å²) in [5.41, 5.74) is 3.93. The molecule has 0 radical (unpaired) electrons. The Labute approximate surface area is 117 Å². The van der Waals surface area contributed by atoms with Crippen molar-refractivity contribution in [1.29, 1.82) is 0 Å². The number of hydrogen-bond acceptors (Lipinski definition) is 2. The van der Waals surface area contributed by atoms with Crippen LogP contribution in [0.5, 0.6) is 0 Å². The SMILES string of the molecule is CCCNCC(=Cc1ccc(COC)cc1)C(C)C. The summed E-state index contributed by atoms with van der Waals surface area (Å²) >= 11 is 0. The quantitative estimate of drug-likeness (QED) is 0.717. The van der Waals surface area contributed by atoms with Crippen LogP contribution in [0.4, 0.5) is 0 Å². The first-order chi connectivity index (χ1) is 9.17. The van der Waals surface area contributed by atoms with E-state index in [1.54, 1.807) is 7.11 Å². The molecule has 2 heteroatoms. The molecule has 0 aliphatic carbocycles. The maximum atomic E-state index is 5.13. The predicted molar refractivity (Wildman–Crippen MR) is 83.1 cm³/mol. The van der Waals surface area contributed by atoms with Crippen LogP contribution < -0.4 is 5.32 Å². The molecular weight excluding hydrogens is 234 g/mol. The highest BCUT2D eigenvalue weighted by molar-refractivity contribution is 5.54. The zero-order valence-electron chi connectivity index (χ0n) is 12.7. The van der Waals surface area contributed by atoms with E-state index in [9.17, 15) is 0 Å². The standard InChI is InChI=1S/C17H27NO/c1-5-10-18-12-17(14(2)3)11-15-6-8-16(9-7-15)13-19-4/h6-9,11,14,18H,5,10,12-13H2,1-4H3. The molecule has 0 heterocycles. The number of nitrogens with one attached hydrogen (secondary N) is 1. The molecule has 1 aromatic rings. The van der Waals surface area contributed by atoms with Gasteiger partial charge in [0.15, 0.2) is 0 Å². The number of ether oxygens (including phenoxy) is 1. The highest BCUT2D eigenvalue weighted by atomic mass is 16.5. The van der Waals surface area contributed by atoms with Crippen LogP contribution in [0.3, 0.4) is 0 Å². The van der Waals surface area contributed by atoms with Crippen molar-refractivity contribution in [2.75, 3.05) is 20.2 Å². The van der Waals surface area contributed by atoms with Gasteiger partial charge in [0.05, 0.1) is 6.61 Å². The minimum absolute atomic E-state index is 0.572. The van der Waals surface area contributed by atoms with Crippen LogP contribution in [-0.2, 0) is 11.3 Å². The average molecular weight is 261 g/mol. The van der Waals surface area contributed by atoms with E-state index in [4.69, 9.17) is 4.74 Å². The first kappa shape index (κ1) is 15.9. The van der Waals surface area contributed by atoms with E-state index in [-0.39, 0.29) is 0 Å². The summed E-state index contributed by atoms with van der Waals surface area (Å²) in [6, 6.07) is 8.59. The molecule has 0 amide bonds. The molecule has 0 aliphatic rings. The number of rotatable bonds is 8. The predicted octanol–water partition coefficient (Wildman–Crippen LogP) is 3.87. The van der Waals surface area contributed by atoms with Crippen LogP contribution in [0.1, 0.15) is 38.3 Å². The lowest BCUT2D eigenvalue weighted by Crippen LogP contribution is -2.19. The van der Waals surface area contributed by atoms with Crippen LogP contribution in [0.15, 0.2) is 29.8 Å². The molecule has 2 nitrogen and oxygen atoms in total. The van der Waals surface area contributed by atoms with Crippen molar-refractivity contribution in [3.63, 3.8) is 0 Å². The Morgan fingerprint density at radius 2 is 1.95 bits per heavy atom. The molecule has 1 rings (SSSR count). The molecule has 0 aromatic heterocycles. The maximum absolute atomic E-state index is 5.13. The molecule has 19 heavy (non-hydrogen) atoms. The fraction of sp³-hybridized carbons (Fsp3) is 0.529. The molecule has 1 aromatic carbocycles. The number of hydrogen-bond donors (Lipinski definition) is 1. The van der Waals surface area contributed by atoms with Gasteiger partial charge in [-0.05, 0) is 30.0 Å². The van der Waals surface area contributed by atoms with Crippen LogP contribution >= 0.6 is 0 Å². The lowest BCUT2D eigenvalue weighted by Gasteiger charge is -2.13. The Morgan fingerprint density at radius 1 is 1.26 bits per heavy atom. The number of benzene rings is 1. The van der Waals surface area contributed by atoms with E-state index in [1.165, 1.54) is 23.1 Å². The summed E-state index contributed by atoms with van der Waals surface area (Å²) in [6.07, 6.45) is 3.47. The minimum Gasteiger partial charge on any atom is -0.380 e. The van der Waals surface area contributed by atoms with Crippen LogP contribution in [0.2, 0.25) is 0 Å². The monoisotopic (exact) mass is 261 g/mol. The van der Waals surface area contributed by atoms with E-state index in [1.807, 2.05) is 0 Å².